The van der Waals surface area contributed by atoms with Gasteiger partial charge in [-0.25, -0.2) is 0 Å². The fourth-order valence-corrected chi connectivity index (χ4v) is 1.10. The molecule has 0 saturated heterocycles. The molecule has 1 rings (SSSR count). The predicted octanol–water partition coefficient (Wildman–Crippen LogP) is -0.338. The van der Waals surface area contributed by atoms with Crippen molar-refractivity contribution in [2.24, 2.45) is 5.73 Å². The molecule has 7 heteroatoms. The fourth-order valence-electron chi connectivity index (χ4n) is 1.10. The first-order chi connectivity index (χ1) is 7.54. The topological polar surface area (TPSA) is 97.3 Å². The summed E-state index contributed by atoms with van der Waals surface area (Å²) in [5.41, 5.74) is 5.58. The molecule has 0 fully saturated rings. The quantitative estimate of drug-likeness (QED) is 0.714. The van der Waals surface area contributed by atoms with E-state index in [1.165, 1.54) is 0 Å². The third-order valence-corrected chi connectivity index (χ3v) is 1.90. The molecule has 0 saturated carbocycles. The molecule has 3 N–H and O–H groups in total. The average molecular weight is 227 g/mol. The van der Waals surface area contributed by atoms with Crippen LogP contribution < -0.4 is 16.0 Å². The Balaban J connectivity index is 2.58. The third-order valence-electron chi connectivity index (χ3n) is 1.90. The van der Waals surface area contributed by atoms with Gasteiger partial charge in [-0.15, -0.1) is 5.10 Å². The van der Waals surface area contributed by atoms with Gasteiger partial charge in [0.15, 0.2) is 0 Å². The van der Waals surface area contributed by atoms with E-state index in [1.807, 2.05) is 6.92 Å². The van der Waals surface area contributed by atoms with Crippen LogP contribution in [0.25, 0.3) is 0 Å². The lowest BCUT2D eigenvalue weighted by Gasteiger charge is -2.12. The molecule has 7 nitrogen and oxygen atoms in total. The van der Waals surface area contributed by atoms with Crippen molar-refractivity contribution in [1.82, 2.24) is 15.5 Å². The maximum absolute atomic E-state index is 11.3. The maximum atomic E-state index is 11.3. The number of nitrogens with zero attached hydrogens (tertiary/aromatic N) is 3. The molecule has 0 aromatic carbocycles. The second-order valence-electron chi connectivity index (χ2n) is 3.52. The number of rotatable bonds is 5. The summed E-state index contributed by atoms with van der Waals surface area (Å²) in [7, 11) is 1.70. The van der Waals surface area contributed by atoms with Crippen molar-refractivity contribution in [3.8, 4) is 0 Å². The molecule has 1 heterocycles. The molecule has 0 aliphatic rings. The van der Waals surface area contributed by atoms with E-state index in [-0.39, 0.29) is 18.5 Å². The second kappa shape index (κ2) is 5.45. The van der Waals surface area contributed by atoms with E-state index in [9.17, 15) is 4.79 Å². The molecule has 0 aliphatic carbocycles. The van der Waals surface area contributed by atoms with Crippen molar-refractivity contribution in [3.05, 3.63) is 5.89 Å². The van der Waals surface area contributed by atoms with Crippen molar-refractivity contribution in [1.29, 1.82) is 0 Å². The summed E-state index contributed by atoms with van der Waals surface area (Å²) in [4.78, 5) is 12.9. The number of nitrogens with two attached hydrogens (primary N) is 1. The minimum Gasteiger partial charge on any atom is -0.406 e. The van der Waals surface area contributed by atoms with Gasteiger partial charge in [-0.3, -0.25) is 4.79 Å². The van der Waals surface area contributed by atoms with Gasteiger partial charge >= 0.3 is 6.01 Å². The Morgan fingerprint density at radius 2 is 2.31 bits per heavy atom. The molecule has 0 radical (unpaired) electrons. The number of likely N-dealkylation sites (N-methyl/N-ethyl adjacent to an activating group) is 2. The van der Waals surface area contributed by atoms with Gasteiger partial charge in [0.05, 0.1) is 6.04 Å². The van der Waals surface area contributed by atoms with Crippen molar-refractivity contribution >= 4 is 11.9 Å². The monoisotopic (exact) mass is 227 g/mol. The maximum Gasteiger partial charge on any atom is 0.318 e. The van der Waals surface area contributed by atoms with E-state index >= 15 is 0 Å². The van der Waals surface area contributed by atoms with Gasteiger partial charge in [-0.05, 0) is 13.8 Å². The van der Waals surface area contributed by atoms with Crippen LogP contribution in [-0.4, -0.2) is 36.2 Å². The Bertz CT molecular complexity index is 349. The highest BCUT2D eigenvalue weighted by Gasteiger charge is 2.15. The summed E-state index contributed by atoms with van der Waals surface area (Å²) < 4.78 is 5.28. The Morgan fingerprint density at radius 3 is 2.81 bits per heavy atom. The number of amides is 1. The van der Waals surface area contributed by atoms with Crippen LogP contribution in [0.1, 0.15) is 25.8 Å². The van der Waals surface area contributed by atoms with Crippen LogP contribution in [0.2, 0.25) is 0 Å². The zero-order valence-corrected chi connectivity index (χ0v) is 9.73. The summed E-state index contributed by atoms with van der Waals surface area (Å²) >= 11 is 0. The lowest BCUT2D eigenvalue weighted by atomic mass is 10.4. The minimum atomic E-state index is -0.306. The Hall–Kier alpha value is -1.63. The van der Waals surface area contributed by atoms with Crippen LogP contribution in [0.5, 0.6) is 0 Å². The fraction of sp³-hybridized carbons (Fsp3) is 0.667. The van der Waals surface area contributed by atoms with E-state index < -0.39 is 0 Å². The van der Waals surface area contributed by atoms with E-state index in [0.29, 0.717) is 18.5 Å². The molecule has 1 aromatic heterocycles. The van der Waals surface area contributed by atoms with Gasteiger partial charge in [-0.1, -0.05) is 5.10 Å². The van der Waals surface area contributed by atoms with Gasteiger partial charge < -0.3 is 20.4 Å². The Morgan fingerprint density at radius 1 is 1.62 bits per heavy atom. The largest absolute Gasteiger partial charge is 0.406 e. The number of hydrogen-bond acceptors (Lipinski definition) is 6. The molecular weight excluding hydrogens is 210 g/mol. The summed E-state index contributed by atoms with van der Waals surface area (Å²) in [6.45, 7) is 4.38. The normalized spacial score (nSPS) is 12.2. The van der Waals surface area contributed by atoms with Crippen LogP contribution in [-0.2, 0) is 4.79 Å². The van der Waals surface area contributed by atoms with Crippen LogP contribution in [0, 0.1) is 0 Å². The molecule has 0 aliphatic heterocycles. The molecule has 16 heavy (non-hydrogen) atoms. The smallest absolute Gasteiger partial charge is 0.318 e. The molecule has 0 spiro atoms. The zero-order chi connectivity index (χ0) is 12.1. The summed E-state index contributed by atoms with van der Waals surface area (Å²) in [5.74, 6) is 0.267. The van der Waals surface area contributed by atoms with Gasteiger partial charge in [-0.2, -0.15) is 0 Å². The van der Waals surface area contributed by atoms with Crippen LogP contribution in [0.3, 0.4) is 0 Å². The van der Waals surface area contributed by atoms with Crippen molar-refractivity contribution in [2.45, 2.75) is 19.9 Å². The Labute approximate surface area is 94.0 Å². The van der Waals surface area contributed by atoms with Crippen LogP contribution >= 0.6 is 0 Å². The summed E-state index contributed by atoms with van der Waals surface area (Å²) in [6, 6.07) is -0.0160. The highest BCUT2D eigenvalue weighted by atomic mass is 16.4. The Kier molecular flexibility index (Phi) is 4.24. The summed E-state index contributed by atoms with van der Waals surface area (Å²) in [5, 5.41) is 10.3. The van der Waals surface area contributed by atoms with Gasteiger partial charge in [0.2, 0.25) is 11.8 Å². The second-order valence-corrected chi connectivity index (χ2v) is 3.52. The lowest BCUT2D eigenvalue weighted by Crippen LogP contribution is -2.35. The number of aromatic nitrogens is 2. The molecule has 90 valence electrons. The molecule has 1 amide bonds. The standard InChI is InChI=1S/C9H17N5O2/c1-4-11-7(15)5-14(3)9-13-12-8(16-9)6(2)10/h6H,4-5,10H2,1-3H3,(H,11,15). The number of anilines is 1. The minimum absolute atomic E-state index is 0.0921. The first-order valence-corrected chi connectivity index (χ1v) is 5.11. The van der Waals surface area contributed by atoms with E-state index in [1.54, 1.807) is 18.9 Å². The van der Waals surface area contributed by atoms with E-state index in [2.05, 4.69) is 15.5 Å². The SMILES string of the molecule is CCNC(=O)CN(C)c1nnc(C(C)N)o1. The zero-order valence-electron chi connectivity index (χ0n) is 9.73. The van der Waals surface area contributed by atoms with Gasteiger partial charge in [0, 0.05) is 13.6 Å². The first-order valence-electron chi connectivity index (χ1n) is 5.11. The van der Waals surface area contributed by atoms with Gasteiger partial charge in [0.1, 0.15) is 6.54 Å². The van der Waals surface area contributed by atoms with E-state index in [4.69, 9.17) is 10.2 Å². The van der Waals surface area contributed by atoms with Crippen LogP contribution in [0.15, 0.2) is 4.42 Å². The van der Waals surface area contributed by atoms with E-state index in [0.717, 1.165) is 0 Å². The van der Waals surface area contributed by atoms with Crippen molar-refractivity contribution < 1.29 is 9.21 Å². The highest BCUT2D eigenvalue weighted by molar-refractivity contribution is 5.80. The van der Waals surface area contributed by atoms with Crippen LogP contribution in [0.4, 0.5) is 6.01 Å². The van der Waals surface area contributed by atoms with Crippen molar-refractivity contribution in [2.75, 3.05) is 25.0 Å². The molecule has 1 unspecified atom stereocenters. The van der Waals surface area contributed by atoms with Crippen molar-refractivity contribution in [3.63, 3.8) is 0 Å². The first kappa shape index (κ1) is 12.4. The summed E-state index contributed by atoms with van der Waals surface area (Å²) in [6.07, 6.45) is 0. The third kappa shape index (κ3) is 3.20. The molecule has 1 aromatic rings. The lowest BCUT2D eigenvalue weighted by molar-refractivity contribution is -0.119. The molecule has 0 bridgehead atoms. The average Bonchev–Trinajstić information content (AvgIpc) is 2.66. The highest BCUT2D eigenvalue weighted by Crippen LogP contribution is 2.13. The number of nitrogens with one attached hydrogen (secondary N) is 1. The number of carbonyl (C=O) groups is 1. The number of carbonyl (C=O) groups excluding carboxylic acids is 1. The predicted molar refractivity (Wildman–Crippen MR) is 58.9 cm³/mol. The molecular formula is C9H17N5O2. The number of hydrogen-bond donors (Lipinski definition) is 2. The van der Waals surface area contributed by atoms with Gasteiger partial charge in [0.25, 0.3) is 0 Å². The molecule has 1 atom stereocenters.